The van der Waals surface area contributed by atoms with Crippen LogP contribution in [-0.4, -0.2) is 29.6 Å². The van der Waals surface area contributed by atoms with Gasteiger partial charge < -0.3 is 14.6 Å². The van der Waals surface area contributed by atoms with Crippen molar-refractivity contribution in [1.82, 2.24) is 0 Å². The Bertz CT molecular complexity index is 1070. The first-order valence-electron chi connectivity index (χ1n) is 13.3. The lowest BCUT2D eigenvalue weighted by Gasteiger charge is -2.18. The van der Waals surface area contributed by atoms with Crippen LogP contribution in [0.2, 0.25) is 0 Å². The second-order valence-electron chi connectivity index (χ2n) is 9.23. The van der Waals surface area contributed by atoms with E-state index in [1.54, 1.807) is 6.26 Å². The van der Waals surface area contributed by atoms with Gasteiger partial charge in [-0.2, -0.15) is 0 Å². The molecule has 5 heteroatoms. The second-order valence-corrected chi connectivity index (χ2v) is 9.23. The Morgan fingerprint density at radius 2 is 1.74 bits per heavy atom. The van der Waals surface area contributed by atoms with Crippen LogP contribution in [0.3, 0.4) is 0 Å². The maximum Gasteiger partial charge on any atom is 0.300 e. The topological polar surface area (TPSA) is 72.8 Å². The maximum absolute atomic E-state index is 13.0. The van der Waals surface area contributed by atoms with Crippen LogP contribution < -0.4 is 4.74 Å². The van der Waals surface area contributed by atoms with Crippen LogP contribution in [0.5, 0.6) is 5.75 Å². The summed E-state index contributed by atoms with van der Waals surface area (Å²) in [6.45, 7) is 15.7. The van der Waals surface area contributed by atoms with E-state index in [4.69, 9.17) is 19.4 Å². The number of aliphatic carboxylic acids is 1. The van der Waals surface area contributed by atoms with Crippen molar-refractivity contribution >= 4 is 11.8 Å². The number of rotatable bonds is 11. The summed E-state index contributed by atoms with van der Waals surface area (Å²) >= 11 is 0. The molecule has 1 saturated carbocycles. The predicted octanol–water partition coefficient (Wildman–Crippen LogP) is 8.51. The van der Waals surface area contributed by atoms with E-state index >= 15 is 0 Å². The fraction of sp³-hybridized carbons (Fsp3) is 0.394. The number of hydrogen-bond donors (Lipinski definition) is 1. The Balaban J connectivity index is 0.000000504. The van der Waals surface area contributed by atoms with Crippen molar-refractivity contribution in [3.05, 3.63) is 101 Å². The lowest BCUT2D eigenvalue weighted by molar-refractivity contribution is -0.134. The Labute approximate surface area is 228 Å². The summed E-state index contributed by atoms with van der Waals surface area (Å²) in [5, 5.41) is 7.42. The maximum atomic E-state index is 13.0. The first-order valence-corrected chi connectivity index (χ1v) is 13.3. The molecule has 3 rings (SSSR count). The highest BCUT2D eigenvalue weighted by molar-refractivity contribution is 6.10. The molecule has 38 heavy (non-hydrogen) atoms. The zero-order chi connectivity index (χ0) is 28.5. The van der Waals surface area contributed by atoms with Crippen molar-refractivity contribution in [2.75, 3.05) is 6.61 Å². The van der Waals surface area contributed by atoms with Gasteiger partial charge in [0.25, 0.3) is 5.97 Å². The van der Waals surface area contributed by atoms with Gasteiger partial charge in [-0.1, -0.05) is 73.2 Å². The van der Waals surface area contributed by atoms with Crippen LogP contribution in [0.15, 0.2) is 84.7 Å². The van der Waals surface area contributed by atoms with Gasteiger partial charge >= 0.3 is 0 Å². The molecule has 0 spiro atoms. The summed E-state index contributed by atoms with van der Waals surface area (Å²) in [6, 6.07) is 15.5. The van der Waals surface area contributed by atoms with E-state index in [1.807, 2.05) is 69.3 Å². The van der Waals surface area contributed by atoms with Gasteiger partial charge in [0.1, 0.15) is 5.75 Å². The molecule has 0 aromatic heterocycles. The van der Waals surface area contributed by atoms with Gasteiger partial charge in [0, 0.05) is 18.9 Å². The molecule has 0 unspecified atom stereocenters. The number of benzene rings is 2. The monoisotopic (exact) mass is 520 g/mol. The number of ketones is 1. The van der Waals surface area contributed by atoms with E-state index in [-0.39, 0.29) is 11.9 Å². The van der Waals surface area contributed by atoms with Crippen LogP contribution in [0.4, 0.5) is 0 Å². The Hall–Kier alpha value is -3.60. The molecule has 1 fully saturated rings. The first kappa shape index (κ1) is 32.4. The summed E-state index contributed by atoms with van der Waals surface area (Å²) in [5.41, 5.74) is 5.14. The van der Waals surface area contributed by atoms with E-state index in [1.165, 1.54) is 29.6 Å². The number of carboxylic acid groups (broad SMARTS) is 1. The molecule has 2 aromatic carbocycles. The minimum Gasteiger partial charge on any atom is -0.501 e. The largest absolute Gasteiger partial charge is 0.501 e. The van der Waals surface area contributed by atoms with Crippen molar-refractivity contribution in [2.45, 2.75) is 79.2 Å². The molecule has 5 nitrogen and oxygen atoms in total. The molecule has 0 amide bonds. The Kier molecular flexibility index (Phi) is 15.2. The summed E-state index contributed by atoms with van der Waals surface area (Å²) in [7, 11) is 0. The fourth-order valence-corrected chi connectivity index (χ4v) is 3.40. The zero-order valence-electron chi connectivity index (χ0n) is 23.8. The standard InChI is InChI=1S/C23H26O3.C8H14.C2H4O2/c1-3-14-25-15-13-17(2)26-22-12-11-20(18-9-10-18)16-21(22)23(24)19-7-5-4-6-8-19;1-5-7(3)8(4)6-2;1-2(3)4/h3-8,11-12,14,16-18H,9-10,13,15H2,1-2H3;6H,3,5H2,1-2,4H3;1H3,(H,3,4)/b14-3+;8-6-;/t17-;;/m1../s1. The van der Waals surface area contributed by atoms with Crippen LogP contribution in [0.1, 0.15) is 94.6 Å². The van der Waals surface area contributed by atoms with Gasteiger partial charge in [-0.05, 0) is 70.6 Å². The molecule has 0 bridgehead atoms. The average Bonchev–Trinajstić information content (AvgIpc) is 3.76. The zero-order valence-corrected chi connectivity index (χ0v) is 23.8. The molecule has 1 aliphatic carbocycles. The van der Waals surface area contributed by atoms with Gasteiger partial charge in [-0.15, -0.1) is 0 Å². The van der Waals surface area contributed by atoms with E-state index in [0.29, 0.717) is 29.4 Å². The minimum atomic E-state index is -0.833. The van der Waals surface area contributed by atoms with E-state index in [2.05, 4.69) is 32.6 Å². The molecule has 1 N–H and O–H groups in total. The van der Waals surface area contributed by atoms with E-state index in [9.17, 15) is 4.79 Å². The third kappa shape index (κ3) is 12.6. The van der Waals surface area contributed by atoms with Crippen molar-refractivity contribution in [1.29, 1.82) is 0 Å². The van der Waals surface area contributed by atoms with Gasteiger partial charge in [0.2, 0.25) is 0 Å². The van der Waals surface area contributed by atoms with E-state index < -0.39 is 5.97 Å². The van der Waals surface area contributed by atoms with Crippen LogP contribution >= 0.6 is 0 Å². The lowest BCUT2D eigenvalue weighted by Crippen LogP contribution is -2.16. The quantitative estimate of drug-likeness (QED) is 0.139. The van der Waals surface area contributed by atoms with Gasteiger partial charge in [-0.3, -0.25) is 9.59 Å². The number of carbonyl (C=O) groups is 2. The van der Waals surface area contributed by atoms with Crippen molar-refractivity contribution in [3.63, 3.8) is 0 Å². The van der Waals surface area contributed by atoms with Crippen LogP contribution in [0, 0.1) is 0 Å². The van der Waals surface area contributed by atoms with Crippen molar-refractivity contribution in [3.8, 4) is 5.75 Å². The molecular formula is C33H44O5. The molecule has 0 aliphatic heterocycles. The normalized spacial score (nSPS) is 13.4. The third-order valence-electron chi connectivity index (χ3n) is 5.95. The SMILES string of the molecule is C/C=C/OCC[C@@H](C)Oc1ccc(C2CC2)cc1C(=O)c1ccccc1.C=C(CC)/C(C)=C\C.CC(=O)O. The van der Waals surface area contributed by atoms with Gasteiger partial charge in [0.05, 0.1) is 24.5 Å². The molecule has 0 heterocycles. The summed E-state index contributed by atoms with van der Waals surface area (Å²) < 4.78 is 11.5. The van der Waals surface area contributed by atoms with Crippen molar-refractivity contribution < 1.29 is 24.2 Å². The highest BCUT2D eigenvalue weighted by atomic mass is 16.5. The molecule has 2 aromatic rings. The molecule has 0 radical (unpaired) electrons. The Morgan fingerprint density at radius 1 is 1.11 bits per heavy atom. The summed E-state index contributed by atoms with van der Waals surface area (Å²) in [4.78, 5) is 22.0. The molecule has 0 saturated heterocycles. The predicted molar refractivity (Wildman–Crippen MR) is 156 cm³/mol. The van der Waals surface area contributed by atoms with Gasteiger partial charge in [-0.25, -0.2) is 0 Å². The van der Waals surface area contributed by atoms with Gasteiger partial charge in [0.15, 0.2) is 5.78 Å². The highest BCUT2D eigenvalue weighted by Gasteiger charge is 2.26. The van der Waals surface area contributed by atoms with Crippen molar-refractivity contribution in [2.24, 2.45) is 0 Å². The highest BCUT2D eigenvalue weighted by Crippen LogP contribution is 2.41. The Morgan fingerprint density at radius 3 is 2.24 bits per heavy atom. The second kappa shape index (κ2) is 17.8. The number of carbonyl (C=O) groups excluding carboxylic acids is 1. The first-order chi connectivity index (χ1) is 18.1. The average molecular weight is 521 g/mol. The van der Waals surface area contributed by atoms with Crippen LogP contribution in [0.25, 0.3) is 0 Å². The number of carboxylic acids is 1. The molecule has 206 valence electrons. The van der Waals surface area contributed by atoms with E-state index in [0.717, 1.165) is 19.8 Å². The number of hydrogen-bond acceptors (Lipinski definition) is 4. The summed E-state index contributed by atoms with van der Waals surface area (Å²) in [6.07, 6.45) is 9.83. The molecular weight excluding hydrogens is 476 g/mol. The summed E-state index contributed by atoms with van der Waals surface area (Å²) in [5.74, 6) is 0.431. The molecule has 1 atom stereocenters. The molecule has 1 aliphatic rings. The number of ether oxygens (including phenoxy) is 2. The number of allylic oxidation sites excluding steroid dienone is 4. The fourth-order valence-electron chi connectivity index (χ4n) is 3.40. The lowest BCUT2D eigenvalue weighted by atomic mass is 9.98. The minimum absolute atomic E-state index is 0.0143. The third-order valence-corrected chi connectivity index (χ3v) is 5.95. The smallest absolute Gasteiger partial charge is 0.300 e. The van der Waals surface area contributed by atoms with Crippen LogP contribution in [-0.2, 0) is 9.53 Å².